The largest absolute Gasteiger partial charge is 0.296 e. The molecule has 2 rings (SSSR count). The number of rotatable bonds is 1. The highest BCUT2D eigenvalue weighted by molar-refractivity contribution is 5.54. The fraction of sp³-hybridized carbons (Fsp3) is 0.167. The van der Waals surface area contributed by atoms with Crippen molar-refractivity contribution in [2.75, 3.05) is 0 Å². The minimum atomic E-state index is -0.0265. The summed E-state index contributed by atoms with van der Waals surface area (Å²) in [5, 5.41) is 0. The van der Waals surface area contributed by atoms with Crippen LogP contribution < -0.4 is 5.56 Å². The Hall–Kier alpha value is -1.90. The predicted octanol–water partition coefficient (Wildman–Crippen LogP) is 1.76. The van der Waals surface area contributed by atoms with Crippen LogP contribution in [0.3, 0.4) is 0 Å². The molecular weight excluding hydrogens is 188 g/mol. The molecule has 1 aromatic carbocycles. The van der Waals surface area contributed by atoms with Crippen LogP contribution in [-0.4, -0.2) is 9.55 Å². The summed E-state index contributed by atoms with van der Waals surface area (Å²) in [5.74, 6) is 0.709. The van der Waals surface area contributed by atoms with E-state index in [-0.39, 0.29) is 5.56 Å². The van der Waals surface area contributed by atoms with Gasteiger partial charge in [-0.05, 0) is 6.92 Å². The number of nitrogens with zero attached hydrogens (tertiary/aromatic N) is 2. The van der Waals surface area contributed by atoms with Crippen LogP contribution >= 0.6 is 0 Å². The van der Waals surface area contributed by atoms with Gasteiger partial charge in [0.25, 0.3) is 5.56 Å². The summed E-state index contributed by atoms with van der Waals surface area (Å²) in [5.41, 5.74) is 1.68. The second-order valence-corrected chi connectivity index (χ2v) is 3.48. The number of aromatic nitrogens is 2. The Balaban J connectivity index is 2.68. The van der Waals surface area contributed by atoms with Crippen LogP contribution in [-0.2, 0) is 7.05 Å². The predicted molar refractivity (Wildman–Crippen MR) is 59.7 cm³/mol. The zero-order valence-electron chi connectivity index (χ0n) is 8.77. The van der Waals surface area contributed by atoms with Crippen molar-refractivity contribution in [3.05, 3.63) is 52.4 Å². The summed E-state index contributed by atoms with van der Waals surface area (Å²) in [6.45, 7) is 1.83. The van der Waals surface area contributed by atoms with Gasteiger partial charge in [-0.1, -0.05) is 30.3 Å². The number of aryl methyl sites for hydroxylation is 1. The smallest absolute Gasteiger partial charge is 0.253 e. The van der Waals surface area contributed by atoms with Crippen molar-refractivity contribution in [2.45, 2.75) is 6.92 Å². The Morgan fingerprint density at radius 3 is 2.53 bits per heavy atom. The molecule has 0 aliphatic rings. The molecule has 0 saturated carbocycles. The van der Waals surface area contributed by atoms with Crippen molar-refractivity contribution < 1.29 is 0 Å². The molecule has 1 heterocycles. The van der Waals surface area contributed by atoms with Gasteiger partial charge < -0.3 is 0 Å². The summed E-state index contributed by atoms with van der Waals surface area (Å²) in [4.78, 5) is 15.9. The molecule has 0 fully saturated rings. The van der Waals surface area contributed by atoms with Gasteiger partial charge in [0, 0.05) is 24.4 Å². The van der Waals surface area contributed by atoms with Crippen molar-refractivity contribution in [3.8, 4) is 11.4 Å². The van der Waals surface area contributed by atoms with Gasteiger partial charge in [-0.3, -0.25) is 9.36 Å². The number of hydrogen-bond acceptors (Lipinski definition) is 2. The fourth-order valence-electron chi connectivity index (χ4n) is 1.50. The summed E-state index contributed by atoms with van der Waals surface area (Å²) < 4.78 is 1.56. The average molecular weight is 200 g/mol. The van der Waals surface area contributed by atoms with E-state index < -0.39 is 0 Å². The van der Waals surface area contributed by atoms with Gasteiger partial charge in [0.05, 0.1) is 0 Å². The topological polar surface area (TPSA) is 34.9 Å². The first kappa shape index (κ1) is 9.65. The molecule has 0 saturated heterocycles. The third-order valence-electron chi connectivity index (χ3n) is 2.29. The molecule has 0 spiro atoms. The molecule has 0 unspecified atom stereocenters. The zero-order chi connectivity index (χ0) is 10.8. The normalized spacial score (nSPS) is 10.3. The summed E-state index contributed by atoms with van der Waals surface area (Å²) >= 11 is 0. The summed E-state index contributed by atoms with van der Waals surface area (Å²) in [6.07, 6.45) is 0. The van der Waals surface area contributed by atoms with Crippen molar-refractivity contribution >= 4 is 0 Å². The molecular formula is C12H12N2O. The van der Waals surface area contributed by atoms with Crippen LogP contribution in [0.4, 0.5) is 0 Å². The average Bonchev–Trinajstić information content (AvgIpc) is 2.24. The van der Waals surface area contributed by atoms with Gasteiger partial charge in [-0.25, -0.2) is 4.98 Å². The van der Waals surface area contributed by atoms with E-state index in [1.54, 1.807) is 11.6 Å². The van der Waals surface area contributed by atoms with Gasteiger partial charge in [0.1, 0.15) is 5.82 Å². The summed E-state index contributed by atoms with van der Waals surface area (Å²) in [6, 6.07) is 11.2. The van der Waals surface area contributed by atoms with Gasteiger partial charge in [0.15, 0.2) is 0 Å². The van der Waals surface area contributed by atoms with Crippen LogP contribution in [0.1, 0.15) is 5.69 Å². The van der Waals surface area contributed by atoms with Gasteiger partial charge in [-0.15, -0.1) is 0 Å². The molecule has 0 amide bonds. The lowest BCUT2D eigenvalue weighted by molar-refractivity contribution is 0.827. The van der Waals surface area contributed by atoms with Gasteiger partial charge >= 0.3 is 0 Å². The molecule has 2 aromatic rings. The molecule has 76 valence electrons. The Kier molecular flexibility index (Phi) is 2.37. The quantitative estimate of drug-likeness (QED) is 0.703. The van der Waals surface area contributed by atoms with Crippen molar-refractivity contribution in [1.29, 1.82) is 0 Å². The van der Waals surface area contributed by atoms with E-state index in [2.05, 4.69) is 4.98 Å². The van der Waals surface area contributed by atoms with Crippen LogP contribution in [0.15, 0.2) is 41.2 Å². The molecule has 0 aliphatic carbocycles. The van der Waals surface area contributed by atoms with Gasteiger partial charge in [-0.2, -0.15) is 0 Å². The van der Waals surface area contributed by atoms with Crippen LogP contribution in [0, 0.1) is 6.92 Å². The van der Waals surface area contributed by atoms with E-state index in [0.717, 1.165) is 11.3 Å². The second-order valence-electron chi connectivity index (χ2n) is 3.48. The molecule has 0 N–H and O–H groups in total. The minimum Gasteiger partial charge on any atom is -0.296 e. The van der Waals surface area contributed by atoms with Crippen LogP contribution in [0.5, 0.6) is 0 Å². The van der Waals surface area contributed by atoms with Crippen LogP contribution in [0.2, 0.25) is 0 Å². The first-order valence-corrected chi connectivity index (χ1v) is 4.78. The maximum Gasteiger partial charge on any atom is 0.253 e. The van der Waals surface area contributed by atoms with E-state index in [1.165, 1.54) is 6.07 Å². The monoisotopic (exact) mass is 200 g/mol. The van der Waals surface area contributed by atoms with E-state index in [9.17, 15) is 4.79 Å². The first-order valence-electron chi connectivity index (χ1n) is 4.78. The minimum absolute atomic E-state index is 0.0265. The molecule has 0 radical (unpaired) electrons. The molecule has 3 heteroatoms. The van der Waals surface area contributed by atoms with Crippen molar-refractivity contribution in [3.63, 3.8) is 0 Å². The van der Waals surface area contributed by atoms with E-state index in [1.807, 2.05) is 37.3 Å². The van der Waals surface area contributed by atoms with Crippen molar-refractivity contribution in [1.82, 2.24) is 9.55 Å². The van der Waals surface area contributed by atoms with E-state index >= 15 is 0 Å². The van der Waals surface area contributed by atoms with Crippen molar-refractivity contribution in [2.24, 2.45) is 7.05 Å². The van der Waals surface area contributed by atoms with Crippen LogP contribution in [0.25, 0.3) is 11.4 Å². The Morgan fingerprint density at radius 1 is 1.20 bits per heavy atom. The molecule has 3 nitrogen and oxygen atoms in total. The van der Waals surface area contributed by atoms with Gasteiger partial charge in [0.2, 0.25) is 0 Å². The highest BCUT2D eigenvalue weighted by atomic mass is 16.1. The maximum absolute atomic E-state index is 11.6. The Labute approximate surface area is 88.0 Å². The lowest BCUT2D eigenvalue weighted by Crippen LogP contribution is -2.19. The fourth-order valence-corrected chi connectivity index (χ4v) is 1.50. The maximum atomic E-state index is 11.6. The third-order valence-corrected chi connectivity index (χ3v) is 2.29. The molecule has 0 aliphatic heterocycles. The first-order chi connectivity index (χ1) is 7.18. The Morgan fingerprint density at radius 2 is 1.87 bits per heavy atom. The number of benzene rings is 1. The number of hydrogen-bond donors (Lipinski definition) is 0. The molecule has 0 bridgehead atoms. The highest BCUT2D eigenvalue weighted by Gasteiger charge is 2.04. The molecule has 1 aromatic heterocycles. The molecule has 15 heavy (non-hydrogen) atoms. The molecule has 0 atom stereocenters. The second kappa shape index (κ2) is 3.69. The summed E-state index contributed by atoms with van der Waals surface area (Å²) in [7, 11) is 1.73. The third kappa shape index (κ3) is 1.81. The lowest BCUT2D eigenvalue weighted by Gasteiger charge is -2.07. The lowest BCUT2D eigenvalue weighted by atomic mass is 10.2. The highest BCUT2D eigenvalue weighted by Crippen LogP contribution is 2.13. The Bertz CT molecular complexity index is 529. The zero-order valence-corrected chi connectivity index (χ0v) is 8.77. The van der Waals surface area contributed by atoms with E-state index in [4.69, 9.17) is 0 Å². The SMILES string of the molecule is Cc1cc(=O)n(C)c(-c2ccccc2)n1. The van der Waals surface area contributed by atoms with E-state index in [0.29, 0.717) is 5.82 Å². The standard InChI is InChI=1S/C12H12N2O/c1-9-8-11(15)14(2)12(13-9)10-6-4-3-5-7-10/h3-8H,1-2H3.